The second kappa shape index (κ2) is 5.96. The maximum atomic E-state index is 12.6. The third kappa shape index (κ3) is 2.33. The van der Waals surface area contributed by atoms with Gasteiger partial charge in [0.2, 0.25) is 0 Å². The lowest BCUT2D eigenvalue weighted by molar-refractivity contribution is 0.910. The highest BCUT2D eigenvalue weighted by atomic mass is 16.1. The molecular formula is C25H20N2O. The van der Waals surface area contributed by atoms with Gasteiger partial charge in [0.1, 0.15) is 0 Å². The van der Waals surface area contributed by atoms with Crippen molar-refractivity contribution in [1.82, 2.24) is 4.57 Å². The lowest BCUT2D eigenvalue weighted by atomic mass is 9.94. The quantitative estimate of drug-likeness (QED) is 0.352. The second-order valence-corrected chi connectivity index (χ2v) is 7.35. The van der Waals surface area contributed by atoms with Crippen molar-refractivity contribution in [1.29, 1.82) is 0 Å². The summed E-state index contributed by atoms with van der Waals surface area (Å²) in [5.41, 5.74) is 4.16. The molecule has 0 bridgehead atoms. The molecule has 136 valence electrons. The van der Waals surface area contributed by atoms with Crippen LogP contribution in [-0.2, 0) is 7.05 Å². The monoisotopic (exact) mass is 364 g/mol. The number of nitrogens with zero attached hydrogens (tertiary/aromatic N) is 1. The van der Waals surface area contributed by atoms with Gasteiger partial charge in [0.25, 0.3) is 5.56 Å². The summed E-state index contributed by atoms with van der Waals surface area (Å²) in [6, 6.07) is 22.3. The van der Waals surface area contributed by atoms with Crippen LogP contribution in [0.5, 0.6) is 0 Å². The summed E-state index contributed by atoms with van der Waals surface area (Å²) in [4.78, 5) is 12.6. The molecule has 0 aliphatic carbocycles. The van der Waals surface area contributed by atoms with Crippen LogP contribution in [0.4, 0.5) is 11.4 Å². The highest BCUT2D eigenvalue weighted by molar-refractivity contribution is 6.23. The van der Waals surface area contributed by atoms with Gasteiger partial charge >= 0.3 is 0 Å². The van der Waals surface area contributed by atoms with Crippen molar-refractivity contribution >= 4 is 50.4 Å². The molecule has 28 heavy (non-hydrogen) atoms. The van der Waals surface area contributed by atoms with Crippen LogP contribution >= 0.6 is 0 Å². The molecule has 0 spiro atoms. The van der Waals surface area contributed by atoms with Crippen molar-refractivity contribution < 1.29 is 0 Å². The Hall–Kier alpha value is -3.59. The van der Waals surface area contributed by atoms with E-state index in [1.165, 1.54) is 5.56 Å². The summed E-state index contributed by atoms with van der Waals surface area (Å²) in [6.07, 6.45) is 0. The number of benzene rings is 4. The first kappa shape index (κ1) is 16.6. The van der Waals surface area contributed by atoms with Gasteiger partial charge in [0, 0.05) is 35.3 Å². The molecule has 1 aromatic heterocycles. The summed E-state index contributed by atoms with van der Waals surface area (Å²) in [5.74, 6) is 0. The Labute approximate surface area is 162 Å². The van der Waals surface area contributed by atoms with Gasteiger partial charge in [-0.1, -0.05) is 48.5 Å². The fourth-order valence-corrected chi connectivity index (χ4v) is 4.09. The number of hydrogen-bond acceptors (Lipinski definition) is 2. The molecule has 0 saturated carbocycles. The number of pyridine rings is 1. The summed E-state index contributed by atoms with van der Waals surface area (Å²) < 4.78 is 1.71. The molecule has 0 radical (unpaired) electrons. The second-order valence-electron chi connectivity index (χ2n) is 7.35. The van der Waals surface area contributed by atoms with Gasteiger partial charge in [-0.25, -0.2) is 0 Å². The Morgan fingerprint density at radius 2 is 1.57 bits per heavy atom. The van der Waals surface area contributed by atoms with Crippen LogP contribution in [0, 0.1) is 6.92 Å². The van der Waals surface area contributed by atoms with E-state index in [1.807, 2.05) is 31.3 Å². The summed E-state index contributed by atoms with van der Waals surface area (Å²) >= 11 is 0. The summed E-state index contributed by atoms with van der Waals surface area (Å²) in [6.45, 7) is 6.50. The lowest BCUT2D eigenvalue weighted by Gasteiger charge is -2.17. The molecule has 0 aliphatic heterocycles. The predicted octanol–water partition coefficient (Wildman–Crippen LogP) is 5.03. The molecule has 0 saturated heterocycles. The third-order valence-corrected chi connectivity index (χ3v) is 5.59. The number of aromatic nitrogens is 1. The molecule has 5 aromatic rings. The summed E-state index contributed by atoms with van der Waals surface area (Å²) in [5, 5.41) is 9.77. The first-order valence-electron chi connectivity index (χ1n) is 9.34. The van der Waals surface area contributed by atoms with Crippen molar-refractivity contribution in [3.8, 4) is 0 Å². The highest BCUT2D eigenvalue weighted by Gasteiger charge is 2.15. The van der Waals surface area contributed by atoms with Gasteiger partial charge in [0.15, 0.2) is 0 Å². The molecule has 1 heterocycles. The minimum atomic E-state index is -0.00462. The van der Waals surface area contributed by atoms with Gasteiger partial charge < -0.3 is 9.88 Å². The highest BCUT2D eigenvalue weighted by Crippen LogP contribution is 2.34. The van der Waals surface area contributed by atoms with E-state index in [0.717, 1.165) is 49.0 Å². The van der Waals surface area contributed by atoms with Crippen LogP contribution in [0.3, 0.4) is 0 Å². The largest absolute Gasteiger partial charge is 0.355 e. The molecule has 0 aliphatic rings. The Bertz CT molecular complexity index is 1480. The van der Waals surface area contributed by atoms with Gasteiger partial charge in [-0.2, -0.15) is 0 Å². The fourth-order valence-electron chi connectivity index (χ4n) is 4.09. The minimum absolute atomic E-state index is 0.00462. The van der Waals surface area contributed by atoms with Crippen LogP contribution < -0.4 is 16.1 Å². The standard InChI is InChI=1S/C25H20N2O/c1-15-8-10-17(11-9-15)26-21-12-13-22-25-20(14-23(28)27(22)3)19-7-5-4-6-18(19)16(2)24(21)25/h4-14,26H,2H2,1,3H3. The molecule has 0 fully saturated rings. The molecule has 1 N–H and O–H groups in total. The van der Waals surface area contributed by atoms with Crippen molar-refractivity contribution in [2.45, 2.75) is 6.92 Å². The van der Waals surface area contributed by atoms with Crippen molar-refractivity contribution in [2.24, 2.45) is 7.05 Å². The van der Waals surface area contributed by atoms with Crippen LogP contribution in [0.15, 0.2) is 71.5 Å². The zero-order chi connectivity index (χ0) is 19.4. The number of nitrogens with one attached hydrogen (secondary N) is 1. The van der Waals surface area contributed by atoms with Crippen molar-refractivity contribution in [3.05, 3.63) is 87.9 Å². The number of fused-ring (bicyclic) bond motifs is 2. The predicted molar refractivity (Wildman–Crippen MR) is 119 cm³/mol. The number of rotatable bonds is 2. The van der Waals surface area contributed by atoms with E-state index < -0.39 is 0 Å². The molecule has 5 rings (SSSR count). The van der Waals surface area contributed by atoms with Crippen LogP contribution in [0.1, 0.15) is 5.56 Å². The fraction of sp³-hybridized carbons (Fsp3) is 0.0800. The normalized spacial score (nSPS) is 11.5. The number of hydrogen-bond donors (Lipinski definition) is 1. The number of aryl methyl sites for hydroxylation is 2. The molecular weight excluding hydrogens is 344 g/mol. The lowest BCUT2D eigenvalue weighted by Crippen LogP contribution is -2.17. The Morgan fingerprint density at radius 1 is 0.857 bits per heavy atom. The van der Waals surface area contributed by atoms with Gasteiger partial charge in [-0.05, 0) is 52.6 Å². The Balaban J connectivity index is 1.94. The smallest absolute Gasteiger partial charge is 0.251 e. The first-order valence-corrected chi connectivity index (χ1v) is 9.34. The SMILES string of the molecule is C=c1c2ccccc2c2cc(=O)n(C)c3ccc(Nc4ccc(C)cc4)c1c23. The van der Waals surface area contributed by atoms with Crippen LogP contribution in [0.25, 0.3) is 39.0 Å². The zero-order valence-electron chi connectivity index (χ0n) is 15.9. The van der Waals surface area contributed by atoms with Gasteiger partial charge in [-0.15, -0.1) is 0 Å². The molecule has 3 heteroatoms. The van der Waals surface area contributed by atoms with E-state index in [9.17, 15) is 4.79 Å². The maximum Gasteiger partial charge on any atom is 0.251 e. The van der Waals surface area contributed by atoms with Crippen molar-refractivity contribution in [2.75, 3.05) is 5.32 Å². The Kier molecular flexibility index (Phi) is 3.53. The van der Waals surface area contributed by atoms with Crippen LogP contribution in [-0.4, -0.2) is 4.57 Å². The average Bonchev–Trinajstić information content (AvgIpc) is 2.71. The van der Waals surface area contributed by atoms with E-state index in [4.69, 9.17) is 0 Å². The van der Waals surface area contributed by atoms with E-state index in [0.29, 0.717) is 0 Å². The summed E-state index contributed by atoms with van der Waals surface area (Å²) in [7, 11) is 1.82. The topological polar surface area (TPSA) is 34.0 Å². The van der Waals surface area contributed by atoms with Gasteiger partial charge in [-0.3, -0.25) is 4.79 Å². The van der Waals surface area contributed by atoms with Crippen molar-refractivity contribution in [3.63, 3.8) is 0 Å². The molecule has 3 nitrogen and oxygen atoms in total. The van der Waals surface area contributed by atoms with E-state index in [-0.39, 0.29) is 5.56 Å². The molecule has 0 atom stereocenters. The molecule has 0 unspecified atom stereocenters. The maximum absolute atomic E-state index is 12.6. The van der Waals surface area contributed by atoms with E-state index in [1.54, 1.807) is 10.6 Å². The van der Waals surface area contributed by atoms with E-state index >= 15 is 0 Å². The zero-order valence-corrected chi connectivity index (χ0v) is 15.9. The third-order valence-electron chi connectivity index (χ3n) is 5.59. The molecule has 0 amide bonds. The first-order chi connectivity index (χ1) is 13.5. The molecule has 4 aromatic carbocycles. The average molecular weight is 364 g/mol. The van der Waals surface area contributed by atoms with E-state index in [2.05, 4.69) is 55.2 Å². The number of anilines is 2. The van der Waals surface area contributed by atoms with Gasteiger partial charge in [0.05, 0.1) is 5.52 Å². The minimum Gasteiger partial charge on any atom is -0.355 e. The Morgan fingerprint density at radius 3 is 2.32 bits per heavy atom. The van der Waals surface area contributed by atoms with Crippen LogP contribution in [0.2, 0.25) is 0 Å².